The van der Waals surface area contributed by atoms with E-state index in [1.165, 1.54) is 11.8 Å². The van der Waals surface area contributed by atoms with E-state index in [4.69, 9.17) is 5.11 Å². The molecule has 0 saturated carbocycles. The summed E-state index contributed by atoms with van der Waals surface area (Å²) < 4.78 is 4.62. The molecule has 1 N–H and O–H groups in total. The van der Waals surface area contributed by atoms with Crippen LogP contribution in [0.5, 0.6) is 0 Å². The lowest BCUT2D eigenvalue weighted by molar-refractivity contribution is -0.150. The minimum absolute atomic E-state index is 0.0395. The van der Waals surface area contributed by atoms with Crippen LogP contribution in [0.4, 0.5) is 0 Å². The van der Waals surface area contributed by atoms with E-state index in [2.05, 4.69) is 4.74 Å². The molecule has 1 aliphatic rings. The summed E-state index contributed by atoms with van der Waals surface area (Å²) in [5.74, 6) is -2.57. The highest BCUT2D eigenvalue weighted by Crippen LogP contribution is 2.02. The number of amides is 2. The molecule has 0 atom stereocenters. The van der Waals surface area contributed by atoms with Crippen LogP contribution in [0.25, 0.3) is 0 Å². The van der Waals surface area contributed by atoms with E-state index < -0.39 is 18.5 Å². The van der Waals surface area contributed by atoms with Crippen molar-refractivity contribution in [2.24, 2.45) is 0 Å². The molecule has 0 aromatic carbocycles. The number of ether oxygens (including phenoxy) is 1. The molecule has 8 nitrogen and oxygen atoms in total. The van der Waals surface area contributed by atoms with Crippen molar-refractivity contribution in [2.45, 2.75) is 6.92 Å². The van der Waals surface area contributed by atoms with Gasteiger partial charge in [0.1, 0.15) is 0 Å². The summed E-state index contributed by atoms with van der Waals surface area (Å²) in [6.45, 7) is 2.71. The molecule has 1 rings (SSSR count). The Hall–Kier alpha value is -2.38. The van der Waals surface area contributed by atoms with Crippen molar-refractivity contribution in [3.8, 4) is 0 Å². The summed E-state index contributed by atoms with van der Waals surface area (Å²) in [6, 6.07) is 0. The fourth-order valence-corrected chi connectivity index (χ4v) is 1.68. The Kier molecular flexibility index (Phi) is 5.70. The van der Waals surface area contributed by atoms with E-state index in [0.717, 1.165) is 6.08 Å². The maximum atomic E-state index is 11.7. The number of carboxylic acid groups (broad SMARTS) is 1. The Bertz CT molecular complexity index is 437. The smallest absolute Gasteiger partial charge is 0.331 e. The number of rotatable bonds is 4. The zero-order chi connectivity index (χ0) is 15.1. The number of piperazine rings is 1. The van der Waals surface area contributed by atoms with Crippen molar-refractivity contribution in [2.75, 3.05) is 32.8 Å². The summed E-state index contributed by atoms with van der Waals surface area (Å²) in [6.07, 6.45) is 1.38. The minimum atomic E-state index is -1.27. The number of nitrogens with zero attached hydrogens (tertiary/aromatic N) is 2. The largest absolute Gasteiger partial charge is 0.478 e. The molecule has 0 aromatic rings. The second-order valence-electron chi connectivity index (χ2n) is 4.17. The second-order valence-corrected chi connectivity index (χ2v) is 4.17. The molecule has 1 saturated heterocycles. The van der Waals surface area contributed by atoms with Gasteiger partial charge in [0.2, 0.25) is 5.91 Å². The van der Waals surface area contributed by atoms with E-state index in [9.17, 15) is 19.2 Å². The number of carboxylic acids is 1. The van der Waals surface area contributed by atoms with Gasteiger partial charge in [-0.25, -0.2) is 9.59 Å². The normalized spacial score (nSPS) is 15.2. The molecule has 110 valence electrons. The number of hydrogen-bond donors (Lipinski definition) is 1. The number of carbonyl (C=O) groups is 4. The van der Waals surface area contributed by atoms with Gasteiger partial charge in [0, 0.05) is 45.3 Å². The third-order valence-electron chi connectivity index (χ3n) is 2.78. The maximum absolute atomic E-state index is 11.7. The first-order valence-corrected chi connectivity index (χ1v) is 6.01. The first-order chi connectivity index (χ1) is 9.40. The van der Waals surface area contributed by atoms with Crippen LogP contribution in [-0.2, 0) is 23.9 Å². The molecule has 0 radical (unpaired) electrons. The molecule has 0 spiro atoms. The lowest BCUT2D eigenvalue weighted by Gasteiger charge is -2.34. The van der Waals surface area contributed by atoms with Gasteiger partial charge in [0.05, 0.1) is 0 Å². The van der Waals surface area contributed by atoms with Crippen LogP contribution in [0.2, 0.25) is 0 Å². The highest BCUT2D eigenvalue weighted by molar-refractivity contribution is 5.91. The van der Waals surface area contributed by atoms with Crippen LogP contribution in [0.1, 0.15) is 6.92 Å². The third-order valence-corrected chi connectivity index (χ3v) is 2.78. The van der Waals surface area contributed by atoms with Crippen molar-refractivity contribution in [1.29, 1.82) is 0 Å². The van der Waals surface area contributed by atoms with Gasteiger partial charge in [0.25, 0.3) is 5.91 Å². The van der Waals surface area contributed by atoms with Crippen LogP contribution in [0.15, 0.2) is 12.2 Å². The van der Waals surface area contributed by atoms with E-state index in [1.807, 2.05) is 0 Å². The molecule has 1 heterocycles. The number of esters is 1. The fourth-order valence-electron chi connectivity index (χ4n) is 1.68. The SMILES string of the molecule is CC(=O)N1CCN(C(=O)COC(=O)/C=C/C(=O)O)CC1. The van der Waals surface area contributed by atoms with Gasteiger partial charge in [-0.05, 0) is 0 Å². The number of hydrogen-bond acceptors (Lipinski definition) is 5. The van der Waals surface area contributed by atoms with Crippen LogP contribution in [0, 0.1) is 0 Å². The van der Waals surface area contributed by atoms with E-state index in [-0.39, 0.29) is 11.8 Å². The summed E-state index contributed by atoms with van der Waals surface area (Å²) in [7, 11) is 0. The van der Waals surface area contributed by atoms with Crippen LogP contribution in [-0.4, -0.2) is 71.4 Å². The van der Waals surface area contributed by atoms with Gasteiger partial charge in [-0.15, -0.1) is 0 Å². The summed E-state index contributed by atoms with van der Waals surface area (Å²) >= 11 is 0. The Morgan fingerprint density at radius 3 is 2.10 bits per heavy atom. The average molecular weight is 284 g/mol. The molecule has 2 amide bonds. The van der Waals surface area contributed by atoms with Crippen molar-refractivity contribution in [3.05, 3.63) is 12.2 Å². The van der Waals surface area contributed by atoms with E-state index in [0.29, 0.717) is 32.3 Å². The predicted molar refractivity (Wildman–Crippen MR) is 66.6 cm³/mol. The molecular weight excluding hydrogens is 268 g/mol. The zero-order valence-electron chi connectivity index (χ0n) is 11.1. The van der Waals surface area contributed by atoms with E-state index in [1.54, 1.807) is 4.90 Å². The number of carbonyl (C=O) groups excluding carboxylic acids is 3. The van der Waals surface area contributed by atoms with E-state index >= 15 is 0 Å². The van der Waals surface area contributed by atoms with Crippen molar-refractivity contribution in [3.63, 3.8) is 0 Å². The van der Waals surface area contributed by atoms with Gasteiger partial charge in [0.15, 0.2) is 6.61 Å². The van der Waals surface area contributed by atoms with Crippen LogP contribution >= 0.6 is 0 Å². The van der Waals surface area contributed by atoms with Gasteiger partial charge in [-0.3, -0.25) is 9.59 Å². The van der Waals surface area contributed by atoms with Crippen molar-refractivity contribution in [1.82, 2.24) is 9.80 Å². The summed E-state index contributed by atoms with van der Waals surface area (Å²) in [5.41, 5.74) is 0. The third kappa shape index (κ3) is 5.09. The molecule has 1 fully saturated rings. The van der Waals surface area contributed by atoms with Gasteiger partial charge >= 0.3 is 11.9 Å². The monoisotopic (exact) mass is 284 g/mol. The van der Waals surface area contributed by atoms with Crippen LogP contribution in [0.3, 0.4) is 0 Å². The standard InChI is InChI=1S/C12H16N2O6/c1-9(15)13-4-6-14(7-5-13)10(16)8-20-12(19)3-2-11(17)18/h2-3H,4-8H2,1H3,(H,17,18)/b3-2+. The molecule has 0 unspecified atom stereocenters. The molecule has 20 heavy (non-hydrogen) atoms. The minimum Gasteiger partial charge on any atom is -0.478 e. The Balaban J connectivity index is 2.32. The number of aliphatic carboxylic acids is 1. The Morgan fingerprint density at radius 1 is 1.05 bits per heavy atom. The first-order valence-electron chi connectivity index (χ1n) is 6.01. The fraction of sp³-hybridized carbons (Fsp3) is 0.500. The maximum Gasteiger partial charge on any atom is 0.331 e. The van der Waals surface area contributed by atoms with Gasteiger partial charge in [-0.2, -0.15) is 0 Å². The Morgan fingerprint density at radius 2 is 1.60 bits per heavy atom. The lowest BCUT2D eigenvalue weighted by Crippen LogP contribution is -2.51. The van der Waals surface area contributed by atoms with Gasteiger partial charge in [-0.1, -0.05) is 0 Å². The van der Waals surface area contributed by atoms with Crippen molar-refractivity contribution >= 4 is 23.8 Å². The highest BCUT2D eigenvalue weighted by atomic mass is 16.5. The molecule has 0 aliphatic carbocycles. The van der Waals surface area contributed by atoms with Crippen molar-refractivity contribution < 1.29 is 29.0 Å². The average Bonchev–Trinajstić information content (AvgIpc) is 2.42. The van der Waals surface area contributed by atoms with Gasteiger partial charge < -0.3 is 19.6 Å². The molecule has 8 heteroatoms. The quantitative estimate of drug-likeness (QED) is 0.517. The second kappa shape index (κ2) is 7.27. The summed E-state index contributed by atoms with van der Waals surface area (Å²) in [4.78, 5) is 47.2. The zero-order valence-corrected chi connectivity index (χ0v) is 11.1. The lowest BCUT2D eigenvalue weighted by atomic mass is 10.3. The first kappa shape index (κ1) is 15.7. The topological polar surface area (TPSA) is 104 Å². The summed E-state index contributed by atoms with van der Waals surface area (Å²) in [5, 5.41) is 8.31. The molecular formula is C12H16N2O6. The molecule has 0 aromatic heterocycles. The van der Waals surface area contributed by atoms with Crippen LogP contribution < -0.4 is 0 Å². The Labute approximate surface area is 115 Å². The molecule has 0 bridgehead atoms. The predicted octanol–water partition coefficient (Wildman–Crippen LogP) is -1.14. The molecule has 1 aliphatic heterocycles. The highest BCUT2D eigenvalue weighted by Gasteiger charge is 2.22.